The molecule has 1 amide bonds. The summed E-state index contributed by atoms with van der Waals surface area (Å²) in [5.74, 6) is 0.391. The third-order valence-electron chi connectivity index (χ3n) is 3.77. The number of carbonyl (C=O) groups is 1. The van der Waals surface area contributed by atoms with Crippen molar-refractivity contribution in [3.8, 4) is 0 Å². The first-order chi connectivity index (χ1) is 10.2. The summed E-state index contributed by atoms with van der Waals surface area (Å²) in [6.45, 7) is 3.93. The highest BCUT2D eigenvalue weighted by Crippen LogP contribution is 2.30. The molecule has 2 N–H and O–H groups in total. The van der Waals surface area contributed by atoms with Gasteiger partial charge in [-0.3, -0.25) is 4.79 Å². The Labute approximate surface area is 125 Å². The Balaban J connectivity index is 1.52. The van der Waals surface area contributed by atoms with Crippen molar-refractivity contribution in [2.75, 3.05) is 10.6 Å². The smallest absolute Gasteiger partial charge is 0.227 e. The second-order valence-corrected chi connectivity index (χ2v) is 5.54. The van der Waals surface area contributed by atoms with Crippen LogP contribution in [0.5, 0.6) is 0 Å². The quantitative estimate of drug-likeness (QED) is 0.852. The zero-order valence-corrected chi connectivity index (χ0v) is 12.3. The van der Waals surface area contributed by atoms with Gasteiger partial charge in [-0.15, -0.1) is 0 Å². The zero-order valence-electron chi connectivity index (χ0n) is 12.3. The van der Waals surface area contributed by atoms with E-state index in [0.29, 0.717) is 0 Å². The molecule has 21 heavy (non-hydrogen) atoms. The van der Waals surface area contributed by atoms with E-state index < -0.39 is 0 Å². The van der Waals surface area contributed by atoms with Crippen LogP contribution in [0.3, 0.4) is 0 Å². The molecule has 0 unspecified atom stereocenters. The third kappa shape index (κ3) is 3.66. The predicted octanol–water partition coefficient (Wildman–Crippen LogP) is 3.47. The molecule has 0 radical (unpaired) electrons. The molecule has 4 heteroatoms. The molecule has 1 aromatic heterocycles. The summed E-state index contributed by atoms with van der Waals surface area (Å²) < 4.78 is 2.16. The van der Waals surface area contributed by atoms with E-state index in [0.717, 1.165) is 37.3 Å². The number of rotatable bonds is 6. The number of hydrogen-bond donors (Lipinski definition) is 2. The molecule has 0 bridgehead atoms. The van der Waals surface area contributed by atoms with Gasteiger partial charge >= 0.3 is 0 Å². The van der Waals surface area contributed by atoms with Gasteiger partial charge < -0.3 is 15.2 Å². The molecule has 110 valence electrons. The minimum Gasteiger partial charge on any atom is -0.381 e. The monoisotopic (exact) mass is 283 g/mol. The number of anilines is 2. The van der Waals surface area contributed by atoms with E-state index in [2.05, 4.69) is 40.6 Å². The molecule has 0 saturated heterocycles. The summed E-state index contributed by atoms with van der Waals surface area (Å²) in [6, 6.07) is 10.0. The van der Waals surface area contributed by atoms with E-state index in [1.807, 2.05) is 24.3 Å². The molecule has 1 heterocycles. The molecule has 1 aliphatic carbocycles. The number of aryl methyl sites for hydroxylation is 1. The van der Waals surface area contributed by atoms with Crippen molar-refractivity contribution in [2.24, 2.45) is 5.92 Å². The van der Waals surface area contributed by atoms with Crippen molar-refractivity contribution >= 4 is 17.3 Å². The van der Waals surface area contributed by atoms with E-state index in [9.17, 15) is 4.79 Å². The Morgan fingerprint density at radius 2 is 1.90 bits per heavy atom. The van der Waals surface area contributed by atoms with Crippen LogP contribution in [-0.2, 0) is 17.9 Å². The van der Waals surface area contributed by atoms with Crippen molar-refractivity contribution in [3.05, 3.63) is 48.3 Å². The fraction of sp³-hybridized carbons (Fsp3) is 0.353. The van der Waals surface area contributed by atoms with Gasteiger partial charge in [0, 0.05) is 42.8 Å². The Bertz CT molecular complexity index is 611. The highest BCUT2D eigenvalue weighted by atomic mass is 16.2. The van der Waals surface area contributed by atoms with Gasteiger partial charge in [0.2, 0.25) is 5.91 Å². The van der Waals surface area contributed by atoms with Gasteiger partial charge in [-0.2, -0.15) is 0 Å². The van der Waals surface area contributed by atoms with Gasteiger partial charge in [0.25, 0.3) is 0 Å². The molecule has 1 aromatic carbocycles. The van der Waals surface area contributed by atoms with Gasteiger partial charge in [-0.1, -0.05) is 0 Å². The lowest BCUT2D eigenvalue weighted by molar-refractivity contribution is -0.117. The van der Waals surface area contributed by atoms with E-state index in [1.54, 1.807) is 0 Å². The molecular formula is C17H21N3O. The zero-order chi connectivity index (χ0) is 14.7. The van der Waals surface area contributed by atoms with Crippen molar-refractivity contribution in [1.82, 2.24) is 4.57 Å². The molecule has 1 saturated carbocycles. The summed E-state index contributed by atoms with van der Waals surface area (Å²) in [7, 11) is 0. The minimum atomic E-state index is 0.150. The molecule has 0 atom stereocenters. The standard InChI is InChI=1S/C17H21N3O/c1-2-20-10-9-13(12-20)11-18-15-5-7-16(8-6-15)19-17(21)14-3-4-14/h5-10,12,14,18H,2-4,11H2,1H3,(H,19,21). The highest BCUT2D eigenvalue weighted by Gasteiger charge is 2.29. The number of nitrogens with one attached hydrogen (secondary N) is 2. The Kier molecular flexibility index (Phi) is 3.95. The molecule has 3 rings (SSSR count). The minimum absolute atomic E-state index is 0.150. The van der Waals surface area contributed by atoms with Gasteiger partial charge in [0.1, 0.15) is 0 Å². The lowest BCUT2D eigenvalue weighted by atomic mass is 10.2. The number of aromatic nitrogens is 1. The summed E-state index contributed by atoms with van der Waals surface area (Å²) in [5.41, 5.74) is 3.20. The van der Waals surface area contributed by atoms with E-state index in [-0.39, 0.29) is 11.8 Å². The summed E-state index contributed by atoms with van der Waals surface area (Å²) in [5, 5.41) is 6.33. The van der Waals surface area contributed by atoms with Gasteiger partial charge in [-0.25, -0.2) is 0 Å². The molecular weight excluding hydrogens is 262 g/mol. The maximum Gasteiger partial charge on any atom is 0.227 e. The highest BCUT2D eigenvalue weighted by molar-refractivity contribution is 5.94. The van der Waals surface area contributed by atoms with E-state index in [4.69, 9.17) is 0 Å². The molecule has 1 aliphatic rings. The van der Waals surface area contributed by atoms with Gasteiger partial charge in [0.05, 0.1) is 0 Å². The average molecular weight is 283 g/mol. The molecule has 2 aromatic rings. The van der Waals surface area contributed by atoms with Crippen molar-refractivity contribution < 1.29 is 4.79 Å². The van der Waals surface area contributed by atoms with Crippen molar-refractivity contribution in [2.45, 2.75) is 32.9 Å². The first-order valence-electron chi connectivity index (χ1n) is 7.54. The Morgan fingerprint density at radius 1 is 1.19 bits per heavy atom. The van der Waals surface area contributed by atoms with Gasteiger partial charge in [-0.05, 0) is 55.7 Å². The fourth-order valence-electron chi connectivity index (χ4n) is 2.26. The van der Waals surface area contributed by atoms with Crippen LogP contribution in [0.15, 0.2) is 42.7 Å². The topological polar surface area (TPSA) is 46.1 Å². The number of nitrogens with zero attached hydrogens (tertiary/aromatic N) is 1. The number of amides is 1. The predicted molar refractivity (Wildman–Crippen MR) is 85.2 cm³/mol. The molecule has 0 spiro atoms. The molecule has 0 aliphatic heterocycles. The van der Waals surface area contributed by atoms with Crippen molar-refractivity contribution in [3.63, 3.8) is 0 Å². The van der Waals surface area contributed by atoms with Crippen LogP contribution in [-0.4, -0.2) is 10.5 Å². The van der Waals surface area contributed by atoms with Crippen LogP contribution in [0.4, 0.5) is 11.4 Å². The normalized spacial score (nSPS) is 14.0. The van der Waals surface area contributed by atoms with Crippen LogP contribution >= 0.6 is 0 Å². The number of hydrogen-bond acceptors (Lipinski definition) is 2. The first kappa shape index (κ1) is 13.7. The second-order valence-electron chi connectivity index (χ2n) is 5.54. The second kappa shape index (κ2) is 6.04. The largest absolute Gasteiger partial charge is 0.381 e. The Morgan fingerprint density at radius 3 is 2.52 bits per heavy atom. The molecule has 1 fully saturated rings. The van der Waals surface area contributed by atoms with Crippen LogP contribution in [0.2, 0.25) is 0 Å². The lowest BCUT2D eigenvalue weighted by Crippen LogP contribution is -2.13. The SMILES string of the molecule is CCn1ccc(CNc2ccc(NC(=O)C3CC3)cc2)c1. The van der Waals surface area contributed by atoms with E-state index >= 15 is 0 Å². The van der Waals surface area contributed by atoms with Crippen molar-refractivity contribution in [1.29, 1.82) is 0 Å². The third-order valence-corrected chi connectivity index (χ3v) is 3.77. The van der Waals surface area contributed by atoms with E-state index in [1.165, 1.54) is 5.56 Å². The fourth-order valence-corrected chi connectivity index (χ4v) is 2.26. The summed E-state index contributed by atoms with van der Waals surface area (Å²) >= 11 is 0. The van der Waals surface area contributed by atoms with Crippen LogP contribution in [0.1, 0.15) is 25.3 Å². The number of benzene rings is 1. The summed E-state index contributed by atoms with van der Waals surface area (Å²) in [4.78, 5) is 11.7. The maximum atomic E-state index is 11.7. The first-order valence-corrected chi connectivity index (χ1v) is 7.54. The Hall–Kier alpha value is -2.23. The van der Waals surface area contributed by atoms with Crippen LogP contribution in [0, 0.1) is 5.92 Å². The average Bonchev–Trinajstić information content (AvgIpc) is 3.26. The number of carbonyl (C=O) groups excluding carboxylic acids is 1. The van der Waals surface area contributed by atoms with Gasteiger partial charge in [0.15, 0.2) is 0 Å². The summed E-state index contributed by atoms with van der Waals surface area (Å²) in [6.07, 6.45) is 6.30. The maximum absolute atomic E-state index is 11.7. The molecule has 4 nitrogen and oxygen atoms in total. The van der Waals surface area contributed by atoms with Crippen LogP contribution < -0.4 is 10.6 Å². The van der Waals surface area contributed by atoms with Crippen LogP contribution in [0.25, 0.3) is 0 Å². The lowest BCUT2D eigenvalue weighted by Gasteiger charge is -2.08.